The first-order chi connectivity index (χ1) is 10.0. The lowest BCUT2D eigenvalue weighted by Gasteiger charge is -2.07. The van der Waals surface area contributed by atoms with E-state index in [1.54, 1.807) is 12.1 Å². The molecular formula is C14H11F3N2O2. The van der Waals surface area contributed by atoms with Gasteiger partial charge in [-0.1, -0.05) is 12.1 Å². The fourth-order valence-corrected chi connectivity index (χ4v) is 1.62. The van der Waals surface area contributed by atoms with Gasteiger partial charge in [0.05, 0.1) is 0 Å². The number of carbonyl (C=O) groups is 1. The molecule has 1 heterocycles. The van der Waals surface area contributed by atoms with Crippen molar-refractivity contribution in [2.75, 3.05) is 0 Å². The maximum Gasteiger partial charge on any atom is 0.387 e. The molecule has 21 heavy (non-hydrogen) atoms. The number of benzene rings is 1. The minimum Gasteiger partial charge on any atom is -0.435 e. The quantitative estimate of drug-likeness (QED) is 0.863. The molecule has 0 unspecified atom stereocenters. The molecule has 2 aromatic rings. The van der Waals surface area contributed by atoms with Crippen molar-refractivity contribution in [3.63, 3.8) is 0 Å². The molecule has 0 saturated heterocycles. The standard InChI is InChI=1S/C14H11F3N2O2/c15-12-7-10(5-6-18-12)13(20)19-8-9-1-3-11(4-2-9)21-14(16)17/h1-7,14H,8H2,(H,19,20). The third-order valence-corrected chi connectivity index (χ3v) is 2.59. The molecule has 0 fully saturated rings. The molecule has 1 amide bonds. The number of nitrogens with one attached hydrogen (secondary N) is 1. The van der Waals surface area contributed by atoms with Gasteiger partial charge < -0.3 is 10.1 Å². The Labute approximate surface area is 118 Å². The lowest BCUT2D eigenvalue weighted by atomic mass is 10.2. The molecular weight excluding hydrogens is 285 g/mol. The van der Waals surface area contributed by atoms with E-state index in [-0.39, 0.29) is 17.9 Å². The Morgan fingerprint density at radius 3 is 2.57 bits per heavy atom. The van der Waals surface area contributed by atoms with Crippen LogP contribution in [0.5, 0.6) is 5.75 Å². The maximum absolute atomic E-state index is 12.9. The predicted molar refractivity (Wildman–Crippen MR) is 68.4 cm³/mol. The van der Waals surface area contributed by atoms with Crippen molar-refractivity contribution in [3.05, 3.63) is 59.7 Å². The molecule has 7 heteroatoms. The topological polar surface area (TPSA) is 51.2 Å². The number of amides is 1. The van der Waals surface area contributed by atoms with Crippen LogP contribution in [0.15, 0.2) is 42.6 Å². The van der Waals surface area contributed by atoms with Crippen molar-refractivity contribution < 1.29 is 22.7 Å². The highest BCUT2D eigenvalue weighted by Crippen LogP contribution is 2.14. The lowest BCUT2D eigenvalue weighted by molar-refractivity contribution is -0.0498. The Hall–Kier alpha value is -2.57. The number of alkyl halides is 2. The summed E-state index contributed by atoms with van der Waals surface area (Å²) in [6, 6.07) is 8.25. The predicted octanol–water partition coefficient (Wildman–Crippen LogP) is 2.75. The highest BCUT2D eigenvalue weighted by Gasteiger charge is 2.07. The van der Waals surface area contributed by atoms with Crippen LogP contribution < -0.4 is 10.1 Å². The number of ether oxygens (including phenoxy) is 1. The van der Waals surface area contributed by atoms with E-state index >= 15 is 0 Å². The van der Waals surface area contributed by atoms with Gasteiger partial charge in [-0.25, -0.2) is 4.98 Å². The van der Waals surface area contributed by atoms with Crippen molar-refractivity contribution in [1.82, 2.24) is 10.3 Å². The summed E-state index contributed by atoms with van der Waals surface area (Å²) in [5.41, 5.74) is 0.847. The minimum absolute atomic E-state index is 0.0382. The summed E-state index contributed by atoms with van der Waals surface area (Å²) >= 11 is 0. The molecule has 4 nitrogen and oxygen atoms in total. The molecule has 0 radical (unpaired) electrons. The second-order valence-electron chi connectivity index (χ2n) is 4.07. The lowest BCUT2D eigenvalue weighted by Crippen LogP contribution is -2.22. The van der Waals surface area contributed by atoms with E-state index in [9.17, 15) is 18.0 Å². The molecule has 0 saturated carbocycles. The average Bonchev–Trinajstić information content (AvgIpc) is 2.45. The van der Waals surface area contributed by atoms with Gasteiger partial charge in [0.15, 0.2) is 0 Å². The van der Waals surface area contributed by atoms with E-state index in [4.69, 9.17) is 0 Å². The highest BCUT2D eigenvalue weighted by molar-refractivity contribution is 5.93. The Morgan fingerprint density at radius 2 is 1.95 bits per heavy atom. The summed E-state index contributed by atoms with van der Waals surface area (Å²) in [5.74, 6) is -1.16. The first-order valence-corrected chi connectivity index (χ1v) is 5.98. The molecule has 0 aliphatic heterocycles. The normalized spacial score (nSPS) is 10.5. The summed E-state index contributed by atoms with van der Waals surface area (Å²) in [5, 5.41) is 2.58. The highest BCUT2D eigenvalue weighted by atomic mass is 19.3. The van der Waals surface area contributed by atoms with Crippen LogP contribution in [0.1, 0.15) is 15.9 Å². The van der Waals surface area contributed by atoms with Gasteiger partial charge in [0.2, 0.25) is 5.95 Å². The number of carbonyl (C=O) groups excluding carboxylic acids is 1. The van der Waals surface area contributed by atoms with Crippen LogP contribution >= 0.6 is 0 Å². The van der Waals surface area contributed by atoms with E-state index in [0.29, 0.717) is 5.56 Å². The second kappa shape index (κ2) is 6.74. The number of pyridine rings is 1. The van der Waals surface area contributed by atoms with Crippen molar-refractivity contribution in [2.45, 2.75) is 13.2 Å². The van der Waals surface area contributed by atoms with Gasteiger partial charge >= 0.3 is 6.61 Å². The van der Waals surface area contributed by atoms with Crippen LogP contribution in [0.2, 0.25) is 0 Å². The SMILES string of the molecule is O=C(NCc1ccc(OC(F)F)cc1)c1ccnc(F)c1. The van der Waals surface area contributed by atoms with Gasteiger partial charge in [0.1, 0.15) is 5.75 Å². The fraction of sp³-hybridized carbons (Fsp3) is 0.143. The molecule has 0 bridgehead atoms. The van der Waals surface area contributed by atoms with Crippen LogP contribution in [0.4, 0.5) is 13.2 Å². The van der Waals surface area contributed by atoms with E-state index in [2.05, 4.69) is 15.0 Å². The molecule has 110 valence electrons. The molecule has 1 aromatic carbocycles. The van der Waals surface area contributed by atoms with Gasteiger partial charge in [-0.15, -0.1) is 0 Å². The summed E-state index contributed by atoms with van der Waals surface area (Å²) < 4.78 is 41.0. The number of halogens is 3. The number of rotatable bonds is 5. The van der Waals surface area contributed by atoms with E-state index < -0.39 is 18.5 Å². The van der Waals surface area contributed by atoms with Crippen LogP contribution in [-0.4, -0.2) is 17.5 Å². The Kier molecular flexibility index (Phi) is 4.76. The zero-order valence-electron chi connectivity index (χ0n) is 10.7. The number of hydrogen-bond donors (Lipinski definition) is 1. The van der Waals surface area contributed by atoms with Gasteiger partial charge in [0, 0.05) is 24.4 Å². The number of hydrogen-bond acceptors (Lipinski definition) is 3. The Balaban J connectivity index is 1.92. The largest absolute Gasteiger partial charge is 0.435 e. The van der Waals surface area contributed by atoms with Crippen molar-refractivity contribution >= 4 is 5.91 Å². The average molecular weight is 296 g/mol. The second-order valence-corrected chi connectivity index (χ2v) is 4.07. The minimum atomic E-state index is -2.88. The van der Waals surface area contributed by atoms with Crippen molar-refractivity contribution in [3.8, 4) is 5.75 Å². The number of nitrogens with zero attached hydrogens (tertiary/aromatic N) is 1. The molecule has 0 spiro atoms. The van der Waals surface area contributed by atoms with E-state index in [1.165, 1.54) is 24.4 Å². The zero-order chi connectivity index (χ0) is 15.2. The molecule has 2 rings (SSSR count). The molecule has 0 atom stereocenters. The Morgan fingerprint density at radius 1 is 1.24 bits per heavy atom. The van der Waals surface area contributed by atoms with Crippen LogP contribution in [0.25, 0.3) is 0 Å². The van der Waals surface area contributed by atoms with Crippen molar-refractivity contribution in [2.24, 2.45) is 0 Å². The molecule has 1 N–H and O–H groups in total. The van der Waals surface area contributed by atoms with Gasteiger partial charge in [0.25, 0.3) is 5.91 Å². The third kappa shape index (κ3) is 4.48. The molecule has 1 aromatic heterocycles. The monoisotopic (exact) mass is 296 g/mol. The first-order valence-electron chi connectivity index (χ1n) is 5.98. The van der Waals surface area contributed by atoms with E-state index in [0.717, 1.165) is 6.07 Å². The first kappa shape index (κ1) is 14.8. The summed E-state index contributed by atoms with van der Waals surface area (Å²) in [7, 11) is 0. The molecule has 0 aliphatic carbocycles. The van der Waals surface area contributed by atoms with Crippen molar-refractivity contribution in [1.29, 1.82) is 0 Å². The number of aromatic nitrogens is 1. The fourth-order valence-electron chi connectivity index (χ4n) is 1.62. The van der Waals surface area contributed by atoms with Gasteiger partial charge in [-0.05, 0) is 23.8 Å². The summed E-state index contributed by atoms with van der Waals surface area (Å²) in [4.78, 5) is 15.1. The summed E-state index contributed by atoms with van der Waals surface area (Å²) in [6.07, 6.45) is 1.20. The third-order valence-electron chi connectivity index (χ3n) is 2.59. The maximum atomic E-state index is 12.9. The Bertz CT molecular complexity index is 618. The van der Waals surface area contributed by atoms with Crippen LogP contribution in [0, 0.1) is 5.95 Å². The van der Waals surface area contributed by atoms with Crippen LogP contribution in [0.3, 0.4) is 0 Å². The van der Waals surface area contributed by atoms with Gasteiger partial charge in [-0.2, -0.15) is 13.2 Å². The molecule has 0 aliphatic rings. The summed E-state index contributed by atoms with van der Waals surface area (Å²) in [6.45, 7) is -2.70. The zero-order valence-corrected chi connectivity index (χ0v) is 10.7. The van der Waals surface area contributed by atoms with Gasteiger partial charge in [-0.3, -0.25) is 4.79 Å². The van der Waals surface area contributed by atoms with Crippen LogP contribution in [-0.2, 0) is 6.54 Å². The smallest absolute Gasteiger partial charge is 0.387 e. The van der Waals surface area contributed by atoms with E-state index in [1.807, 2.05) is 0 Å².